The monoisotopic (exact) mass is 338 g/mol. The number of benzene rings is 1. The highest BCUT2D eigenvalue weighted by molar-refractivity contribution is 7.13. The van der Waals surface area contributed by atoms with E-state index in [1.165, 1.54) is 11.3 Å². The number of rotatable bonds is 3. The predicted octanol–water partition coefficient (Wildman–Crippen LogP) is 3.16. The predicted molar refractivity (Wildman–Crippen MR) is 86.3 cm³/mol. The summed E-state index contributed by atoms with van der Waals surface area (Å²) < 4.78 is 11.2. The third-order valence-electron chi connectivity index (χ3n) is 3.30. The Morgan fingerprint density at radius 1 is 1.41 bits per heavy atom. The number of fused-ring (bicyclic) bond motifs is 1. The Morgan fingerprint density at radius 3 is 3.00 bits per heavy atom. The van der Waals surface area contributed by atoms with Gasteiger partial charge in [0.2, 0.25) is 5.91 Å². The van der Waals surface area contributed by atoms with Gasteiger partial charge in [0.25, 0.3) is 0 Å². The van der Waals surface area contributed by atoms with Crippen molar-refractivity contribution in [1.82, 2.24) is 4.98 Å². The SMILES string of the molecule is CN(C(=O)Cc1cc(Cl)c2c(c1)OCCCO2)c1nccs1. The quantitative estimate of drug-likeness (QED) is 0.862. The normalized spacial score (nSPS) is 13.5. The molecule has 2 aromatic rings. The van der Waals surface area contributed by atoms with Crippen LogP contribution in [0.2, 0.25) is 5.02 Å². The molecular weight excluding hydrogens is 324 g/mol. The minimum atomic E-state index is -0.0551. The number of carbonyl (C=O) groups excluding carboxylic acids is 1. The summed E-state index contributed by atoms with van der Waals surface area (Å²) in [4.78, 5) is 18.0. The molecule has 1 aromatic carbocycles. The van der Waals surface area contributed by atoms with E-state index in [0.717, 1.165) is 12.0 Å². The fourth-order valence-corrected chi connectivity index (χ4v) is 3.08. The summed E-state index contributed by atoms with van der Waals surface area (Å²) in [6.45, 7) is 1.16. The summed E-state index contributed by atoms with van der Waals surface area (Å²) in [5.74, 6) is 1.11. The zero-order valence-corrected chi connectivity index (χ0v) is 13.6. The fourth-order valence-electron chi connectivity index (χ4n) is 2.17. The molecule has 0 radical (unpaired) electrons. The van der Waals surface area contributed by atoms with Gasteiger partial charge in [-0.3, -0.25) is 9.69 Å². The van der Waals surface area contributed by atoms with Crippen LogP contribution < -0.4 is 14.4 Å². The maximum atomic E-state index is 12.3. The first-order valence-electron chi connectivity index (χ1n) is 6.89. The molecule has 0 N–H and O–H groups in total. The van der Waals surface area contributed by atoms with Crippen LogP contribution in [0, 0.1) is 0 Å². The number of nitrogens with zero attached hydrogens (tertiary/aromatic N) is 2. The van der Waals surface area contributed by atoms with Crippen molar-refractivity contribution in [3.8, 4) is 11.5 Å². The first-order valence-corrected chi connectivity index (χ1v) is 8.15. The largest absolute Gasteiger partial charge is 0.489 e. The molecule has 0 fully saturated rings. The highest BCUT2D eigenvalue weighted by atomic mass is 35.5. The molecule has 0 bridgehead atoms. The second-order valence-corrected chi connectivity index (χ2v) is 6.18. The number of carbonyl (C=O) groups is 1. The first kappa shape index (κ1) is 15.1. The Bertz CT molecular complexity index is 676. The smallest absolute Gasteiger partial charge is 0.232 e. The van der Waals surface area contributed by atoms with E-state index >= 15 is 0 Å². The van der Waals surface area contributed by atoms with Crippen LogP contribution in [0.5, 0.6) is 11.5 Å². The maximum absolute atomic E-state index is 12.3. The van der Waals surface area contributed by atoms with Crippen LogP contribution in [-0.4, -0.2) is 31.2 Å². The standard InChI is InChI=1S/C15H15ClN2O3S/c1-18(15-17-3-6-22-15)13(19)9-10-7-11(16)14-12(8-10)20-4-2-5-21-14/h3,6-8H,2,4-5,9H2,1H3. The van der Waals surface area contributed by atoms with E-state index < -0.39 is 0 Å². The molecule has 5 nitrogen and oxygen atoms in total. The van der Waals surface area contributed by atoms with Gasteiger partial charge in [-0.15, -0.1) is 11.3 Å². The molecule has 3 rings (SSSR count). The lowest BCUT2D eigenvalue weighted by Crippen LogP contribution is -2.27. The average Bonchev–Trinajstić information content (AvgIpc) is 2.92. The van der Waals surface area contributed by atoms with E-state index in [1.807, 2.05) is 11.4 Å². The zero-order chi connectivity index (χ0) is 15.5. The third-order valence-corrected chi connectivity index (χ3v) is 4.43. The van der Waals surface area contributed by atoms with Crippen molar-refractivity contribution in [3.63, 3.8) is 0 Å². The van der Waals surface area contributed by atoms with Gasteiger partial charge in [-0.1, -0.05) is 11.6 Å². The Hall–Kier alpha value is -1.79. The number of aromatic nitrogens is 1. The molecule has 0 atom stereocenters. The van der Waals surface area contributed by atoms with Crippen LogP contribution in [0.25, 0.3) is 0 Å². The lowest BCUT2D eigenvalue weighted by atomic mass is 10.1. The van der Waals surface area contributed by atoms with Gasteiger partial charge in [-0.2, -0.15) is 0 Å². The van der Waals surface area contributed by atoms with E-state index in [-0.39, 0.29) is 12.3 Å². The van der Waals surface area contributed by atoms with Crippen molar-refractivity contribution < 1.29 is 14.3 Å². The number of likely N-dealkylation sites (N-methyl/N-ethyl adjacent to an activating group) is 1. The number of ether oxygens (including phenoxy) is 2. The molecular formula is C15H15ClN2O3S. The highest BCUT2D eigenvalue weighted by Gasteiger charge is 2.19. The Kier molecular flexibility index (Phi) is 4.49. The van der Waals surface area contributed by atoms with E-state index in [9.17, 15) is 4.79 Å². The van der Waals surface area contributed by atoms with Crippen molar-refractivity contribution in [2.75, 3.05) is 25.2 Å². The molecule has 22 heavy (non-hydrogen) atoms. The number of amides is 1. The van der Waals surface area contributed by atoms with E-state index in [1.54, 1.807) is 24.2 Å². The summed E-state index contributed by atoms with van der Waals surface area (Å²) in [6.07, 6.45) is 2.72. The van der Waals surface area contributed by atoms with Gasteiger partial charge in [0, 0.05) is 25.0 Å². The van der Waals surface area contributed by atoms with Crippen molar-refractivity contribution in [3.05, 3.63) is 34.3 Å². The molecule has 0 saturated heterocycles. The van der Waals surface area contributed by atoms with Gasteiger partial charge in [0.15, 0.2) is 16.6 Å². The lowest BCUT2D eigenvalue weighted by molar-refractivity contribution is -0.117. The van der Waals surface area contributed by atoms with Gasteiger partial charge < -0.3 is 9.47 Å². The zero-order valence-electron chi connectivity index (χ0n) is 12.0. The average molecular weight is 339 g/mol. The molecule has 1 amide bonds. The topological polar surface area (TPSA) is 51.7 Å². The van der Waals surface area contributed by atoms with Gasteiger partial charge in [-0.05, 0) is 17.7 Å². The fraction of sp³-hybridized carbons (Fsp3) is 0.333. The molecule has 2 heterocycles. The number of thiazole rings is 1. The second kappa shape index (κ2) is 6.54. The van der Waals surface area contributed by atoms with Gasteiger partial charge >= 0.3 is 0 Å². The van der Waals surface area contributed by atoms with E-state index in [2.05, 4.69) is 4.98 Å². The molecule has 0 saturated carbocycles. The molecule has 116 valence electrons. The molecule has 1 aliphatic heterocycles. The lowest BCUT2D eigenvalue weighted by Gasteiger charge is -2.15. The van der Waals surface area contributed by atoms with Crippen LogP contribution >= 0.6 is 22.9 Å². The molecule has 0 spiro atoms. The molecule has 7 heteroatoms. The molecule has 1 aromatic heterocycles. The van der Waals surface area contributed by atoms with Crippen molar-refractivity contribution in [2.45, 2.75) is 12.8 Å². The highest BCUT2D eigenvalue weighted by Crippen LogP contribution is 2.38. The van der Waals surface area contributed by atoms with Crippen LogP contribution in [0.1, 0.15) is 12.0 Å². The second-order valence-electron chi connectivity index (χ2n) is 4.90. The Labute approximate surface area is 137 Å². The number of anilines is 1. The van der Waals surface area contributed by atoms with Crippen LogP contribution in [0.3, 0.4) is 0 Å². The van der Waals surface area contributed by atoms with Crippen molar-refractivity contribution >= 4 is 34.0 Å². The van der Waals surface area contributed by atoms with Crippen molar-refractivity contribution in [2.24, 2.45) is 0 Å². The summed E-state index contributed by atoms with van der Waals surface area (Å²) in [5.41, 5.74) is 0.794. The summed E-state index contributed by atoms with van der Waals surface area (Å²) in [7, 11) is 1.71. The molecule has 1 aliphatic rings. The number of halogens is 1. The summed E-state index contributed by atoms with van der Waals surface area (Å²) >= 11 is 7.66. The minimum absolute atomic E-state index is 0.0551. The van der Waals surface area contributed by atoms with Crippen LogP contribution in [0.4, 0.5) is 5.13 Å². The summed E-state index contributed by atoms with van der Waals surface area (Å²) in [5, 5.41) is 2.98. The minimum Gasteiger partial charge on any atom is -0.489 e. The number of hydrogen-bond donors (Lipinski definition) is 0. The first-order chi connectivity index (χ1) is 10.6. The molecule has 0 aliphatic carbocycles. The Balaban J connectivity index is 1.79. The van der Waals surface area contributed by atoms with Crippen LogP contribution in [0.15, 0.2) is 23.7 Å². The van der Waals surface area contributed by atoms with Gasteiger partial charge in [0.05, 0.1) is 24.7 Å². The van der Waals surface area contributed by atoms with E-state index in [0.29, 0.717) is 34.9 Å². The third kappa shape index (κ3) is 3.18. The van der Waals surface area contributed by atoms with Gasteiger partial charge in [0.1, 0.15) is 0 Å². The Morgan fingerprint density at radius 2 is 2.23 bits per heavy atom. The summed E-state index contributed by atoms with van der Waals surface area (Å²) in [6, 6.07) is 3.57. The molecule has 0 unspecified atom stereocenters. The van der Waals surface area contributed by atoms with Gasteiger partial charge in [-0.25, -0.2) is 4.98 Å². The van der Waals surface area contributed by atoms with E-state index in [4.69, 9.17) is 21.1 Å². The maximum Gasteiger partial charge on any atom is 0.232 e. The number of hydrogen-bond acceptors (Lipinski definition) is 5. The van der Waals surface area contributed by atoms with Crippen LogP contribution in [-0.2, 0) is 11.2 Å². The van der Waals surface area contributed by atoms with Crippen molar-refractivity contribution in [1.29, 1.82) is 0 Å².